The zero-order valence-electron chi connectivity index (χ0n) is 29.9. The number of aliphatic hydroxyl groups is 1. The molecule has 0 unspecified atom stereocenters. The lowest BCUT2D eigenvalue weighted by atomic mass is 9.93. The summed E-state index contributed by atoms with van der Waals surface area (Å²) in [6, 6.07) is -2.28. The molecule has 0 radical (unpaired) electrons. The van der Waals surface area contributed by atoms with Crippen molar-refractivity contribution in [3.63, 3.8) is 0 Å². The first-order valence-corrected chi connectivity index (χ1v) is 18.1. The number of carbonyl (C=O) groups excluding carboxylic acids is 4. The van der Waals surface area contributed by atoms with Gasteiger partial charge in [-0.2, -0.15) is 0 Å². The highest BCUT2D eigenvalue weighted by Gasteiger charge is 2.41. The Morgan fingerprint density at radius 3 is 2.43 bits per heavy atom. The van der Waals surface area contributed by atoms with Gasteiger partial charge in [-0.1, -0.05) is 53.9 Å². The highest BCUT2D eigenvalue weighted by molar-refractivity contribution is 7.09. The van der Waals surface area contributed by atoms with Gasteiger partial charge < -0.3 is 19.9 Å². The largest absolute Gasteiger partial charge is 0.461 e. The van der Waals surface area contributed by atoms with Gasteiger partial charge in [-0.05, 0) is 65.2 Å². The third-order valence-electron chi connectivity index (χ3n) is 8.23. The first kappa shape index (κ1) is 40.4. The summed E-state index contributed by atoms with van der Waals surface area (Å²) >= 11 is 1.15. The molecular weight excluding hydrogens is 624 g/mol. The number of rotatable bonds is 17. The highest BCUT2D eigenvalue weighted by atomic mass is 32.1. The summed E-state index contributed by atoms with van der Waals surface area (Å²) < 4.78 is 10.6. The fourth-order valence-electron chi connectivity index (χ4n) is 5.36. The third kappa shape index (κ3) is 12.3. The van der Waals surface area contributed by atoms with Gasteiger partial charge in [0.15, 0.2) is 5.69 Å². The van der Waals surface area contributed by atoms with Crippen LogP contribution in [-0.4, -0.2) is 87.4 Å². The van der Waals surface area contributed by atoms with E-state index in [9.17, 15) is 24.3 Å². The molecule has 0 saturated carbocycles. The minimum Gasteiger partial charge on any atom is -0.461 e. The van der Waals surface area contributed by atoms with Crippen molar-refractivity contribution in [2.24, 2.45) is 11.8 Å². The molecule has 2 N–H and O–H groups in total. The number of hydroxylamine groups is 2. The number of carbonyl (C=O) groups is 4. The molecular formula is C34H58N4O8S. The maximum absolute atomic E-state index is 14.5. The number of thiazole rings is 1. The number of amides is 3. The Kier molecular flexibility index (Phi) is 16.6. The molecule has 1 fully saturated rings. The van der Waals surface area contributed by atoms with Crippen molar-refractivity contribution in [1.82, 2.24) is 20.3 Å². The van der Waals surface area contributed by atoms with Crippen LogP contribution in [0.3, 0.4) is 0 Å². The van der Waals surface area contributed by atoms with Crippen molar-refractivity contribution in [3.8, 4) is 0 Å². The van der Waals surface area contributed by atoms with Crippen LogP contribution in [0, 0.1) is 11.8 Å². The Morgan fingerprint density at radius 1 is 1.13 bits per heavy atom. The Hall–Kier alpha value is -2.77. The van der Waals surface area contributed by atoms with Crippen molar-refractivity contribution in [1.29, 1.82) is 0 Å². The molecule has 1 aliphatic rings. The zero-order chi connectivity index (χ0) is 35.3. The van der Waals surface area contributed by atoms with Crippen LogP contribution in [0.1, 0.15) is 135 Å². The van der Waals surface area contributed by atoms with Gasteiger partial charge in [0.05, 0.1) is 19.3 Å². The van der Waals surface area contributed by atoms with Gasteiger partial charge in [-0.25, -0.2) is 19.6 Å². The van der Waals surface area contributed by atoms with Crippen molar-refractivity contribution in [2.75, 3.05) is 19.8 Å². The summed E-state index contributed by atoms with van der Waals surface area (Å²) in [6.45, 7) is 17.8. The average molecular weight is 683 g/mol. The van der Waals surface area contributed by atoms with Gasteiger partial charge in [0, 0.05) is 18.3 Å². The molecule has 0 aromatic carbocycles. The predicted octanol–water partition coefficient (Wildman–Crippen LogP) is 6.04. The second kappa shape index (κ2) is 19.3. The molecule has 1 aromatic heterocycles. The maximum atomic E-state index is 14.5. The average Bonchev–Trinajstić information content (AvgIpc) is 3.52. The molecule has 5 atom stereocenters. The first-order valence-electron chi connectivity index (χ1n) is 17.2. The Balaban J connectivity index is 2.38. The van der Waals surface area contributed by atoms with E-state index in [2.05, 4.69) is 17.2 Å². The van der Waals surface area contributed by atoms with E-state index >= 15 is 0 Å². The minimum atomic E-state index is -1.08. The van der Waals surface area contributed by atoms with E-state index in [0.29, 0.717) is 31.0 Å². The van der Waals surface area contributed by atoms with E-state index < -0.39 is 53.7 Å². The van der Waals surface area contributed by atoms with Crippen molar-refractivity contribution in [2.45, 2.75) is 144 Å². The molecule has 268 valence electrons. The number of hydrogen-bond acceptors (Lipinski definition) is 10. The van der Waals surface area contributed by atoms with Gasteiger partial charge in [-0.15, -0.1) is 11.3 Å². The van der Waals surface area contributed by atoms with E-state index in [1.165, 1.54) is 9.96 Å². The van der Waals surface area contributed by atoms with Crippen LogP contribution in [0.2, 0.25) is 0 Å². The molecule has 0 spiro atoms. The number of hydrogen-bond donors (Lipinski definition) is 2. The van der Waals surface area contributed by atoms with Gasteiger partial charge in [0.2, 0.25) is 5.91 Å². The van der Waals surface area contributed by atoms with Crippen LogP contribution in [0.4, 0.5) is 4.79 Å². The fraction of sp³-hybridized carbons (Fsp3) is 0.794. The second-order valence-electron chi connectivity index (χ2n) is 13.6. The van der Waals surface area contributed by atoms with Crippen LogP contribution in [0.25, 0.3) is 0 Å². The molecule has 13 heteroatoms. The van der Waals surface area contributed by atoms with Gasteiger partial charge in [0.25, 0.3) is 5.91 Å². The van der Waals surface area contributed by atoms with Crippen molar-refractivity contribution < 1.29 is 38.6 Å². The standard InChI is InChI=1S/C34H58N4O8S/c1-10-13-16-19-45-38(26(22(4)5)20-27(39)30-35-24(21-47-30)32(42)44-12-3)31(41)28(23(6)11-2)36-29(40)25-17-14-15-18-37(25)33(43)46-34(7,8)9/h21-23,25-28,39H,10-20H2,1-9H3,(H,36,40)/t23-,25+,26+,27+,28-/m0/s1. The number of nitrogens with zero attached hydrogens (tertiary/aromatic N) is 3. The third-order valence-corrected chi connectivity index (χ3v) is 9.18. The molecule has 2 rings (SSSR count). The summed E-state index contributed by atoms with van der Waals surface area (Å²) in [7, 11) is 0. The maximum Gasteiger partial charge on any atom is 0.410 e. The Labute approximate surface area is 284 Å². The summed E-state index contributed by atoms with van der Waals surface area (Å²) in [5, 5.41) is 17.5. The molecule has 1 aliphatic heterocycles. The summed E-state index contributed by atoms with van der Waals surface area (Å²) in [5.41, 5.74) is -0.589. The molecule has 3 amide bonds. The number of unbranched alkanes of at least 4 members (excludes halogenated alkanes) is 2. The highest BCUT2D eigenvalue weighted by Crippen LogP contribution is 2.29. The number of likely N-dealkylation sites (tertiary alicyclic amines) is 1. The van der Waals surface area contributed by atoms with Crippen LogP contribution in [0.5, 0.6) is 0 Å². The zero-order valence-corrected chi connectivity index (χ0v) is 30.7. The number of esters is 1. The van der Waals surface area contributed by atoms with Crippen LogP contribution >= 0.6 is 11.3 Å². The number of ether oxygens (including phenoxy) is 2. The molecule has 47 heavy (non-hydrogen) atoms. The quantitative estimate of drug-likeness (QED) is 0.114. The van der Waals surface area contributed by atoms with E-state index in [4.69, 9.17) is 14.3 Å². The molecule has 1 aromatic rings. The van der Waals surface area contributed by atoms with Gasteiger partial charge in [-0.3, -0.25) is 19.3 Å². The van der Waals surface area contributed by atoms with Crippen molar-refractivity contribution in [3.05, 3.63) is 16.1 Å². The molecule has 2 heterocycles. The van der Waals surface area contributed by atoms with E-state index in [-0.39, 0.29) is 30.6 Å². The normalized spacial score (nSPS) is 17.9. The monoisotopic (exact) mass is 682 g/mol. The lowest BCUT2D eigenvalue weighted by Crippen LogP contribution is -2.60. The van der Waals surface area contributed by atoms with Gasteiger partial charge in [0.1, 0.15) is 28.8 Å². The number of nitrogens with one attached hydrogen (secondary N) is 1. The lowest BCUT2D eigenvalue weighted by Gasteiger charge is -2.39. The fourth-order valence-corrected chi connectivity index (χ4v) is 6.14. The van der Waals surface area contributed by atoms with Crippen LogP contribution in [-0.2, 0) is 23.9 Å². The summed E-state index contributed by atoms with van der Waals surface area (Å²) in [6.07, 6.45) is 3.69. The minimum absolute atomic E-state index is 0.100. The second-order valence-corrected chi connectivity index (χ2v) is 14.5. The van der Waals surface area contributed by atoms with Crippen LogP contribution in [0.15, 0.2) is 5.38 Å². The van der Waals surface area contributed by atoms with Crippen LogP contribution < -0.4 is 5.32 Å². The molecule has 0 aliphatic carbocycles. The summed E-state index contributed by atoms with van der Waals surface area (Å²) in [4.78, 5) is 65.5. The van der Waals surface area contributed by atoms with Gasteiger partial charge >= 0.3 is 12.1 Å². The summed E-state index contributed by atoms with van der Waals surface area (Å²) in [5.74, 6) is -1.78. The van der Waals surface area contributed by atoms with E-state index in [0.717, 1.165) is 43.4 Å². The number of piperidine rings is 1. The number of aliphatic hydroxyl groups excluding tert-OH is 1. The lowest BCUT2D eigenvalue weighted by molar-refractivity contribution is -0.212. The molecule has 0 bridgehead atoms. The smallest absolute Gasteiger partial charge is 0.410 e. The Bertz CT molecular complexity index is 1150. The topological polar surface area (TPSA) is 148 Å². The SMILES string of the molecule is CCCCCON(C(=O)[C@@H](NC(=O)[C@H]1CCCCN1C(=O)OC(C)(C)C)[C@@H](C)CC)[C@H](C[C@@H](O)c1nc(C(=O)OCC)cs1)C(C)C. The first-order chi connectivity index (χ1) is 22.1. The predicted molar refractivity (Wildman–Crippen MR) is 181 cm³/mol. The number of aromatic nitrogens is 1. The Morgan fingerprint density at radius 2 is 1.83 bits per heavy atom. The molecule has 12 nitrogen and oxygen atoms in total. The van der Waals surface area contributed by atoms with E-state index in [1.54, 1.807) is 33.1 Å². The van der Waals surface area contributed by atoms with Crippen molar-refractivity contribution >= 4 is 35.2 Å². The van der Waals surface area contributed by atoms with E-state index in [1.807, 2.05) is 27.7 Å². The molecule has 1 saturated heterocycles.